The summed E-state index contributed by atoms with van der Waals surface area (Å²) in [4.78, 5) is 27.0. The number of carbonyl (C=O) groups is 1. The summed E-state index contributed by atoms with van der Waals surface area (Å²) in [5.41, 5.74) is 3.77. The lowest BCUT2D eigenvalue weighted by Gasteiger charge is -2.23. The Morgan fingerprint density at radius 2 is 2.05 bits per heavy atom. The number of aromatic nitrogens is 6. The van der Waals surface area contributed by atoms with Crippen molar-refractivity contribution >= 4 is 22.7 Å². The Bertz CT molecular complexity index is 1520. The number of fused-ring (bicyclic) bond motifs is 1. The Morgan fingerprint density at radius 3 is 2.76 bits per heavy atom. The molecule has 0 radical (unpaired) electrons. The Labute approximate surface area is 213 Å². The van der Waals surface area contributed by atoms with Crippen molar-refractivity contribution < 1.29 is 23.1 Å². The van der Waals surface area contributed by atoms with Gasteiger partial charge in [-0.2, -0.15) is 28.8 Å². The fourth-order valence-corrected chi connectivity index (χ4v) is 4.37. The first kappa shape index (κ1) is 26.1. The quantitative estimate of drug-likeness (QED) is 0.397. The normalized spacial score (nSPS) is 15.8. The van der Waals surface area contributed by atoms with Gasteiger partial charge in [0.15, 0.2) is 5.69 Å². The van der Waals surface area contributed by atoms with Crippen LogP contribution in [-0.4, -0.2) is 60.1 Å². The molecular weight excluding hydrogens is 503 g/mol. The molecule has 14 heteroatoms. The molecule has 4 aromatic heterocycles. The number of halogens is 3. The number of H-pyrrole nitrogens is 1. The third-order valence-corrected chi connectivity index (χ3v) is 6.11. The first-order valence-corrected chi connectivity index (χ1v) is 11.3. The molecule has 0 aromatic carbocycles. The van der Waals surface area contributed by atoms with Gasteiger partial charge in [-0.3, -0.25) is 4.68 Å². The van der Waals surface area contributed by atoms with E-state index in [1.165, 1.54) is 6.33 Å². The first-order valence-electron chi connectivity index (χ1n) is 11.3. The zero-order chi connectivity index (χ0) is 27.3. The van der Waals surface area contributed by atoms with Crippen LogP contribution >= 0.6 is 0 Å². The van der Waals surface area contributed by atoms with Crippen molar-refractivity contribution in [3.8, 4) is 23.4 Å². The fraction of sp³-hybridized carbons (Fsp3) is 0.292. The topological polar surface area (TPSA) is 160 Å². The van der Waals surface area contributed by atoms with Gasteiger partial charge in [-0.05, 0) is 24.6 Å². The van der Waals surface area contributed by atoms with Gasteiger partial charge < -0.3 is 15.0 Å². The number of alkyl halides is 3. The summed E-state index contributed by atoms with van der Waals surface area (Å²) in [6.45, 7) is 1.56. The number of nitrogens with zero attached hydrogens (tertiary/aromatic N) is 8. The van der Waals surface area contributed by atoms with Gasteiger partial charge in [-0.25, -0.2) is 19.7 Å². The minimum atomic E-state index is -5.08. The second-order valence-corrected chi connectivity index (χ2v) is 8.38. The fourth-order valence-electron chi connectivity index (χ4n) is 4.37. The van der Waals surface area contributed by atoms with Crippen molar-refractivity contribution in [2.45, 2.75) is 25.1 Å². The van der Waals surface area contributed by atoms with Gasteiger partial charge in [-0.15, -0.1) is 0 Å². The summed E-state index contributed by atoms with van der Waals surface area (Å²) in [5, 5.41) is 31.5. The smallest absolute Gasteiger partial charge is 0.475 e. The molecule has 0 unspecified atom stereocenters. The van der Waals surface area contributed by atoms with Crippen molar-refractivity contribution in [3.05, 3.63) is 55.0 Å². The van der Waals surface area contributed by atoms with E-state index in [1.54, 1.807) is 12.4 Å². The number of rotatable bonds is 5. The van der Waals surface area contributed by atoms with E-state index in [9.17, 15) is 23.7 Å². The molecular formula is C24H20F3N9O2. The minimum Gasteiger partial charge on any atom is -0.475 e. The van der Waals surface area contributed by atoms with Gasteiger partial charge >= 0.3 is 12.1 Å². The number of nitrogens with one attached hydrogen (secondary N) is 1. The highest BCUT2D eigenvalue weighted by molar-refractivity contribution is 5.90. The predicted molar refractivity (Wildman–Crippen MR) is 127 cm³/mol. The number of carboxylic acids is 1. The zero-order valence-electron chi connectivity index (χ0n) is 19.7. The number of carboxylic acid groups (broad SMARTS) is 1. The largest absolute Gasteiger partial charge is 0.490 e. The van der Waals surface area contributed by atoms with Crippen LogP contribution in [0, 0.1) is 28.6 Å². The number of pyridine rings is 1. The minimum absolute atomic E-state index is 0.0606. The van der Waals surface area contributed by atoms with Crippen molar-refractivity contribution in [1.82, 2.24) is 29.7 Å². The summed E-state index contributed by atoms with van der Waals surface area (Å²) in [6.07, 6.45) is 4.96. The van der Waals surface area contributed by atoms with E-state index in [0.29, 0.717) is 12.1 Å². The third kappa shape index (κ3) is 5.54. The van der Waals surface area contributed by atoms with Crippen molar-refractivity contribution in [2.75, 3.05) is 18.0 Å². The molecule has 5 rings (SSSR count). The Hall–Kier alpha value is -4.98. The molecule has 1 aliphatic rings. The molecule has 1 aliphatic heterocycles. The average Bonchev–Trinajstić information content (AvgIpc) is 3.68. The summed E-state index contributed by atoms with van der Waals surface area (Å²) in [5.74, 6) is -2.52. The summed E-state index contributed by atoms with van der Waals surface area (Å²) in [6, 6.07) is 10.2. The number of hydrogen-bond donors (Lipinski definition) is 2. The molecule has 2 atom stereocenters. The van der Waals surface area contributed by atoms with Crippen molar-refractivity contribution in [3.63, 3.8) is 0 Å². The van der Waals surface area contributed by atoms with Crippen molar-refractivity contribution in [1.29, 1.82) is 10.5 Å². The van der Waals surface area contributed by atoms with E-state index < -0.39 is 12.1 Å². The maximum atomic E-state index is 10.6. The number of aliphatic carboxylic acids is 1. The molecule has 0 bridgehead atoms. The second kappa shape index (κ2) is 11.0. The lowest BCUT2D eigenvalue weighted by molar-refractivity contribution is -0.192. The summed E-state index contributed by atoms with van der Waals surface area (Å²) < 4.78 is 33.6. The third-order valence-electron chi connectivity index (χ3n) is 6.11. The van der Waals surface area contributed by atoms with Crippen LogP contribution in [0.25, 0.3) is 22.3 Å². The summed E-state index contributed by atoms with van der Waals surface area (Å²) >= 11 is 0. The van der Waals surface area contributed by atoms with E-state index in [1.807, 2.05) is 35.3 Å². The maximum absolute atomic E-state index is 10.6. The molecule has 0 saturated carbocycles. The average molecular weight is 523 g/mol. The highest BCUT2D eigenvalue weighted by atomic mass is 19.4. The molecule has 0 spiro atoms. The van der Waals surface area contributed by atoms with Crippen LogP contribution in [0.5, 0.6) is 0 Å². The van der Waals surface area contributed by atoms with Crippen LogP contribution in [-0.2, 0) is 4.79 Å². The molecule has 0 amide bonds. The Kier molecular flexibility index (Phi) is 7.53. The van der Waals surface area contributed by atoms with Crippen LogP contribution in [0.2, 0.25) is 0 Å². The van der Waals surface area contributed by atoms with Crippen LogP contribution in [0.1, 0.15) is 24.6 Å². The van der Waals surface area contributed by atoms with E-state index >= 15 is 0 Å². The SMILES string of the molecule is N#CC[C@@H]([C@H]1CCN(c2cccnc2C#N)C1)n1cc(-c2ncnc3[nH]ccc23)cn1.O=C(O)C(F)(F)F. The lowest BCUT2D eigenvalue weighted by atomic mass is 9.96. The van der Waals surface area contributed by atoms with Gasteiger partial charge in [-0.1, -0.05) is 0 Å². The first-order chi connectivity index (χ1) is 18.2. The van der Waals surface area contributed by atoms with Crippen LogP contribution < -0.4 is 4.90 Å². The van der Waals surface area contributed by atoms with Gasteiger partial charge in [0.2, 0.25) is 0 Å². The number of hydrogen-bond acceptors (Lipinski definition) is 8. The van der Waals surface area contributed by atoms with Gasteiger partial charge in [0.1, 0.15) is 18.0 Å². The van der Waals surface area contributed by atoms with E-state index in [2.05, 4.69) is 42.1 Å². The van der Waals surface area contributed by atoms with Crippen LogP contribution in [0.3, 0.4) is 0 Å². The molecule has 38 heavy (non-hydrogen) atoms. The van der Waals surface area contributed by atoms with Gasteiger partial charge in [0, 0.05) is 48.5 Å². The van der Waals surface area contributed by atoms with Crippen molar-refractivity contribution in [2.24, 2.45) is 5.92 Å². The molecule has 1 fully saturated rings. The monoisotopic (exact) mass is 523 g/mol. The van der Waals surface area contributed by atoms with E-state index in [0.717, 1.165) is 47.5 Å². The number of aromatic amines is 1. The Balaban J connectivity index is 0.000000426. The lowest BCUT2D eigenvalue weighted by Crippen LogP contribution is -2.25. The summed E-state index contributed by atoms with van der Waals surface area (Å²) in [7, 11) is 0. The highest BCUT2D eigenvalue weighted by Gasteiger charge is 2.38. The van der Waals surface area contributed by atoms with Crippen LogP contribution in [0.15, 0.2) is 49.3 Å². The molecule has 11 nitrogen and oxygen atoms in total. The standard InChI is InChI=1S/C22H19N9.C2HF3O2/c23-6-3-19(15-5-9-30(12-15)20-2-1-7-25-18(20)10-24)31-13-16(11-29-31)21-17-4-8-26-22(17)28-14-27-21;3-2(4,5)1(6)7/h1-2,4,7-8,11,13-15,19H,3,5,9,12H2,(H,26,27,28);(H,6,7)/t15-,19-;/m0./s1. The molecule has 5 heterocycles. The van der Waals surface area contributed by atoms with Gasteiger partial charge in [0.25, 0.3) is 0 Å². The molecule has 194 valence electrons. The Morgan fingerprint density at radius 1 is 1.26 bits per heavy atom. The molecule has 4 aromatic rings. The zero-order valence-corrected chi connectivity index (χ0v) is 19.7. The highest BCUT2D eigenvalue weighted by Crippen LogP contribution is 2.34. The van der Waals surface area contributed by atoms with Gasteiger partial charge in [0.05, 0.1) is 36.1 Å². The van der Waals surface area contributed by atoms with E-state index in [4.69, 9.17) is 9.90 Å². The number of anilines is 1. The molecule has 0 aliphatic carbocycles. The maximum Gasteiger partial charge on any atom is 0.490 e. The molecule has 1 saturated heterocycles. The number of nitriles is 2. The molecule has 2 N–H and O–H groups in total. The van der Waals surface area contributed by atoms with E-state index in [-0.39, 0.29) is 12.0 Å². The van der Waals surface area contributed by atoms with Crippen LogP contribution in [0.4, 0.5) is 18.9 Å². The second-order valence-electron chi connectivity index (χ2n) is 8.38. The predicted octanol–water partition coefficient (Wildman–Crippen LogP) is 3.70.